The molecule has 0 fully saturated rings. The second kappa shape index (κ2) is 4.62. The summed E-state index contributed by atoms with van der Waals surface area (Å²) in [5.74, 6) is 0.308. The van der Waals surface area contributed by atoms with Gasteiger partial charge in [-0.2, -0.15) is 0 Å². The van der Waals surface area contributed by atoms with Crippen molar-refractivity contribution in [3.05, 3.63) is 65.7 Å². The lowest BCUT2D eigenvalue weighted by atomic mass is 10.0. The standard InChI is InChI=1S/C14H12O2/c15-13-8-6-11(7-9-13)10-14(16)12-4-2-1-3-5-12/h1-9,15H,10H2. The van der Waals surface area contributed by atoms with Gasteiger partial charge in [0.15, 0.2) is 5.78 Å². The van der Waals surface area contributed by atoms with Crippen LogP contribution in [0.15, 0.2) is 54.6 Å². The highest BCUT2D eigenvalue weighted by Crippen LogP contribution is 2.12. The molecule has 0 radical (unpaired) electrons. The van der Waals surface area contributed by atoms with Gasteiger partial charge >= 0.3 is 0 Å². The number of rotatable bonds is 3. The van der Waals surface area contributed by atoms with E-state index in [2.05, 4.69) is 0 Å². The number of aromatic hydroxyl groups is 1. The number of phenolic OH excluding ortho intramolecular Hbond substituents is 1. The molecule has 2 aromatic carbocycles. The van der Waals surface area contributed by atoms with Crippen molar-refractivity contribution in [2.24, 2.45) is 0 Å². The van der Waals surface area contributed by atoms with Crippen molar-refractivity contribution in [1.82, 2.24) is 0 Å². The topological polar surface area (TPSA) is 37.3 Å². The zero-order chi connectivity index (χ0) is 11.4. The summed E-state index contributed by atoms with van der Waals surface area (Å²) >= 11 is 0. The number of ketones is 1. The normalized spacial score (nSPS) is 10.0. The summed E-state index contributed by atoms with van der Waals surface area (Å²) < 4.78 is 0. The van der Waals surface area contributed by atoms with Gasteiger partial charge in [0.25, 0.3) is 0 Å². The fourth-order valence-electron chi connectivity index (χ4n) is 1.53. The highest BCUT2D eigenvalue weighted by atomic mass is 16.3. The highest BCUT2D eigenvalue weighted by molar-refractivity contribution is 5.97. The van der Waals surface area contributed by atoms with E-state index >= 15 is 0 Å². The lowest BCUT2D eigenvalue weighted by Crippen LogP contribution is -2.02. The predicted octanol–water partition coefficient (Wildman–Crippen LogP) is 2.82. The maximum absolute atomic E-state index is 11.8. The molecule has 0 aromatic heterocycles. The number of carbonyl (C=O) groups excluding carboxylic acids is 1. The van der Waals surface area contributed by atoms with Gasteiger partial charge in [-0.1, -0.05) is 42.5 Å². The Kier molecular flexibility index (Phi) is 3.01. The van der Waals surface area contributed by atoms with E-state index in [0.717, 1.165) is 11.1 Å². The van der Waals surface area contributed by atoms with E-state index in [1.807, 2.05) is 30.3 Å². The molecule has 0 aliphatic carbocycles. The van der Waals surface area contributed by atoms with Crippen LogP contribution in [-0.4, -0.2) is 10.9 Å². The molecule has 2 nitrogen and oxygen atoms in total. The van der Waals surface area contributed by atoms with Crippen LogP contribution >= 0.6 is 0 Å². The Labute approximate surface area is 94.2 Å². The Morgan fingerprint density at radius 3 is 2.19 bits per heavy atom. The van der Waals surface area contributed by atoms with Crippen LogP contribution in [0.4, 0.5) is 0 Å². The Bertz CT molecular complexity index is 472. The third kappa shape index (κ3) is 2.48. The molecule has 0 heterocycles. The van der Waals surface area contributed by atoms with Gasteiger partial charge in [-0.3, -0.25) is 4.79 Å². The highest BCUT2D eigenvalue weighted by Gasteiger charge is 2.05. The average Bonchev–Trinajstić information content (AvgIpc) is 2.33. The van der Waals surface area contributed by atoms with Crippen molar-refractivity contribution in [3.63, 3.8) is 0 Å². The first-order valence-electron chi connectivity index (χ1n) is 5.12. The van der Waals surface area contributed by atoms with Gasteiger partial charge in [0, 0.05) is 12.0 Å². The largest absolute Gasteiger partial charge is 0.508 e. The lowest BCUT2D eigenvalue weighted by molar-refractivity contribution is 0.0993. The summed E-state index contributed by atoms with van der Waals surface area (Å²) in [6, 6.07) is 15.9. The lowest BCUT2D eigenvalue weighted by Gasteiger charge is -2.01. The van der Waals surface area contributed by atoms with E-state index in [9.17, 15) is 4.79 Å². The van der Waals surface area contributed by atoms with E-state index in [4.69, 9.17) is 5.11 Å². The number of phenols is 1. The van der Waals surface area contributed by atoms with E-state index < -0.39 is 0 Å². The van der Waals surface area contributed by atoms with Crippen LogP contribution in [0.25, 0.3) is 0 Å². The molecule has 0 saturated heterocycles. The molecule has 1 N–H and O–H groups in total. The van der Waals surface area contributed by atoms with E-state index in [-0.39, 0.29) is 11.5 Å². The quantitative estimate of drug-likeness (QED) is 0.794. The molecule has 0 atom stereocenters. The molecule has 16 heavy (non-hydrogen) atoms. The van der Waals surface area contributed by atoms with Gasteiger partial charge in [-0.25, -0.2) is 0 Å². The van der Waals surface area contributed by atoms with Gasteiger partial charge < -0.3 is 5.11 Å². The van der Waals surface area contributed by atoms with Crippen molar-refractivity contribution >= 4 is 5.78 Å². The SMILES string of the molecule is O=C(Cc1ccc(O)cc1)c1ccccc1. The molecule has 2 aromatic rings. The van der Waals surface area contributed by atoms with Crippen LogP contribution in [0.3, 0.4) is 0 Å². The number of Topliss-reactive ketones (excluding diaryl/α,β-unsaturated/α-hetero) is 1. The molecule has 0 bridgehead atoms. The summed E-state index contributed by atoms with van der Waals surface area (Å²) in [5, 5.41) is 9.12. The van der Waals surface area contributed by atoms with Gasteiger partial charge in [-0.15, -0.1) is 0 Å². The molecule has 0 saturated carbocycles. The number of benzene rings is 2. The monoisotopic (exact) mass is 212 g/mol. The van der Waals surface area contributed by atoms with Crippen molar-refractivity contribution < 1.29 is 9.90 Å². The summed E-state index contributed by atoms with van der Waals surface area (Å²) in [6.07, 6.45) is 0.365. The minimum absolute atomic E-state index is 0.0892. The first kappa shape index (κ1) is 10.4. The van der Waals surface area contributed by atoms with Crippen molar-refractivity contribution in [3.8, 4) is 5.75 Å². The summed E-state index contributed by atoms with van der Waals surface area (Å²) in [6.45, 7) is 0. The Morgan fingerprint density at radius 2 is 1.56 bits per heavy atom. The van der Waals surface area contributed by atoms with E-state index in [0.29, 0.717) is 6.42 Å². The third-order valence-corrected chi connectivity index (χ3v) is 2.40. The van der Waals surface area contributed by atoms with Crippen LogP contribution < -0.4 is 0 Å². The molecule has 80 valence electrons. The first-order valence-corrected chi connectivity index (χ1v) is 5.12. The average molecular weight is 212 g/mol. The third-order valence-electron chi connectivity index (χ3n) is 2.40. The van der Waals surface area contributed by atoms with Gasteiger partial charge in [0.2, 0.25) is 0 Å². The van der Waals surface area contributed by atoms with Crippen LogP contribution in [-0.2, 0) is 6.42 Å². The van der Waals surface area contributed by atoms with Gasteiger partial charge in [-0.05, 0) is 17.7 Å². The Hall–Kier alpha value is -2.09. The smallest absolute Gasteiger partial charge is 0.167 e. The van der Waals surface area contributed by atoms with Crippen LogP contribution in [0.1, 0.15) is 15.9 Å². The van der Waals surface area contributed by atoms with E-state index in [1.165, 1.54) is 0 Å². The summed E-state index contributed by atoms with van der Waals surface area (Å²) in [7, 11) is 0. The van der Waals surface area contributed by atoms with Crippen molar-refractivity contribution in [1.29, 1.82) is 0 Å². The molecular formula is C14H12O2. The molecular weight excluding hydrogens is 200 g/mol. The fourth-order valence-corrected chi connectivity index (χ4v) is 1.53. The second-order valence-electron chi connectivity index (χ2n) is 3.63. The Morgan fingerprint density at radius 1 is 0.938 bits per heavy atom. The van der Waals surface area contributed by atoms with Gasteiger partial charge in [0.1, 0.15) is 5.75 Å². The van der Waals surface area contributed by atoms with Gasteiger partial charge in [0.05, 0.1) is 0 Å². The minimum Gasteiger partial charge on any atom is -0.508 e. The maximum Gasteiger partial charge on any atom is 0.167 e. The van der Waals surface area contributed by atoms with Crippen LogP contribution in [0, 0.1) is 0 Å². The van der Waals surface area contributed by atoms with Crippen LogP contribution in [0.5, 0.6) is 5.75 Å². The van der Waals surface area contributed by atoms with E-state index in [1.54, 1.807) is 24.3 Å². The van der Waals surface area contributed by atoms with Crippen molar-refractivity contribution in [2.75, 3.05) is 0 Å². The zero-order valence-electron chi connectivity index (χ0n) is 8.76. The zero-order valence-corrected chi connectivity index (χ0v) is 8.76. The van der Waals surface area contributed by atoms with Crippen molar-refractivity contribution in [2.45, 2.75) is 6.42 Å². The number of hydrogen-bond acceptors (Lipinski definition) is 2. The first-order chi connectivity index (χ1) is 7.75. The second-order valence-corrected chi connectivity index (χ2v) is 3.63. The molecule has 0 spiro atoms. The molecule has 0 amide bonds. The molecule has 2 rings (SSSR count). The number of hydrogen-bond donors (Lipinski definition) is 1. The Balaban J connectivity index is 2.11. The molecule has 0 unspecified atom stereocenters. The molecule has 0 aliphatic heterocycles. The minimum atomic E-state index is 0.0892. The predicted molar refractivity (Wildman–Crippen MR) is 62.6 cm³/mol. The summed E-state index contributed by atoms with van der Waals surface area (Å²) in [4.78, 5) is 11.8. The summed E-state index contributed by atoms with van der Waals surface area (Å²) in [5.41, 5.74) is 1.63. The molecule has 2 heteroatoms. The fraction of sp³-hybridized carbons (Fsp3) is 0.0714. The maximum atomic E-state index is 11.8. The molecule has 0 aliphatic rings. The number of carbonyl (C=O) groups is 1. The van der Waals surface area contributed by atoms with Crippen LogP contribution in [0.2, 0.25) is 0 Å².